The molecule has 5 unspecified atom stereocenters. The molecule has 4 heterocycles. The molecule has 0 amide bonds. The first-order valence-electron chi connectivity index (χ1n) is 12.7. The van der Waals surface area contributed by atoms with Crippen LogP contribution in [-0.4, -0.2) is 37.2 Å². The first kappa shape index (κ1) is 22.9. The molecule has 36 heavy (non-hydrogen) atoms. The second-order valence-corrected chi connectivity index (χ2v) is 10.4. The van der Waals surface area contributed by atoms with E-state index in [2.05, 4.69) is 53.5 Å². The molecule has 186 valence electrons. The van der Waals surface area contributed by atoms with Crippen LogP contribution in [0.1, 0.15) is 44.3 Å². The van der Waals surface area contributed by atoms with Crippen LogP contribution in [0.2, 0.25) is 0 Å². The van der Waals surface area contributed by atoms with Crippen LogP contribution in [0.15, 0.2) is 47.1 Å². The first-order valence-corrected chi connectivity index (χ1v) is 12.7. The van der Waals surface area contributed by atoms with Crippen LogP contribution >= 0.6 is 0 Å². The lowest BCUT2D eigenvalue weighted by Crippen LogP contribution is -2.31. The van der Waals surface area contributed by atoms with Gasteiger partial charge in [0.15, 0.2) is 5.58 Å². The number of hydrogen-bond acceptors (Lipinski definition) is 8. The topological polar surface area (TPSA) is 109 Å². The second kappa shape index (κ2) is 8.55. The molecule has 4 aromatic rings. The van der Waals surface area contributed by atoms with Gasteiger partial charge < -0.3 is 20.2 Å². The molecule has 0 aliphatic heterocycles. The standard InChI is InChI=1S/C28H32N6O2/c1-5-18-10-17-11-22(36-23(17)14-30-18)24-16(3)32-27(31-13-19-8-6-7-9-29-19)34-26(24)33-21-12-20-25(35)28(20,4)15(21)2/h6-11,14-15,20-21,25,35H,5,12-13H2,1-4H3,(H2,31,32,33,34). The van der Waals surface area contributed by atoms with Crippen molar-refractivity contribution in [2.75, 3.05) is 10.6 Å². The maximum Gasteiger partial charge on any atom is 0.225 e. The largest absolute Gasteiger partial charge is 0.454 e. The summed E-state index contributed by atoms with van der Waals surface area (Å²) in [5.74, 6) is 2.65. The van der Waals surface area contributed by atoms with Gasteiger partial charge in [0.1, 0.15) is 11.6 Å². The summed E-state index contributed by atoms with van der Waals surface area (Å²) in [7, 11) is 0. The number of hydrogen-bond donors (Lipinski definition) is 3. The molecule has 8 nitrogen and oxygen atoms in total. The van der Waals surface area contributed by atoms with Gasteiger partial charge in [0.2, 0.25) is 5.95 Å². The highest BCUT2D eigenvalue weighted by Crippen LogP contribution is 2.66. The Labute approximate surface area is 210 Å². The maximum absolute atomic E-state index is 10.4. The molecular formula is C28H32N6O2. The molecule has 2 saturated carbocycles. The van der Waals surface area contributed by atoms with Crippen molar-refractivity contribution in [3.63, 3.8) is 0 Å². The Balaban J connectivity index is 1.37. The lowest BCUT2D eigenvalue weighted by atomic mass is 9.90. The van der Waals surface area contributed by atoms with Gasteiger partial charge in [-0.25, -0.2) is 4.98 Å². The van der Waals surface area contributed by atoms with Gasteiger partial charge in [0.25, 0.3) is 0 Å². The molecule has 6 rings (SSSR count). The number of rotatable bonds is 7. The van der Waals surface area contributed by atoms with E-state index in [9.17, 15) is 5.11 Å². The average Bonchev–Trinajstić information content (AvgIpc) is 3.15. The SMILES string of the molecule is CCc1cc2cc(-c3c(C)nc(NCc4ccccn4)nc3NC3CC4C(O)C4(C)C3C)oc2cn1. The van der Waals surface area contributed by atoms with Crippen molar-refractivity contribution in [1.29, 1.82) is 0 Å². The highest BCUT2D eigenvalue weighted by molar-refractivity contribution is 5.86. The Kier molecular flexibility index (Phi) is 5.44. The van der Waals surface area contributed by atoms with Crippen molar-refractivity contribution >= 4 is 22.7 Å². The predicted octanol–water partition coefficient (Wildman–Crippen LogP) is 4.98. The zero-order valence-corrected chi connectivity index (χ0v) is 21.1. The van der Waals surface area contributed by atoms with Gasteiger partial charge in [0.05, 0.1) is 35.8 Å². The Morgan fingerprint density at radius 1 is 1.17 bits per heavy atom. The summed E-state index contributed by atoms with van der Waals surface area (Å²) in [5, 5.41) is 18.5. The van der Waals surface area contributed by atoms with Gasteiger partial charge in [-0.05, 0) is 55.9 Å². The average molecular weight is 485 g/mol. The number of pyridine rings is 2. The fourth-order valence-electron chi connectivity index (χ4n) is 5.89. The summed E-state index contributed by atoms with van der Waals surface area (Å²) < 4.78 is 6.25. The third-order valence-electron chi connectivity index (χ3n) is 8.44. The zero-order valence-electron chi connectivity index (χ0n) is 21.1. The molecule has 2 aliphatic rings. The van der Waals surface area contributed by atoms with Gasteiger partial charge in [-0.3, -0.25) is 9.97 Å². The number of aliphatic hydroxyl groups is 1. The molecule has 0 bridgehead atoms. The van der Waals surface area contributed by atoms with Crippen LogP contribution in [0.3, 0.4) is 0 Å². The molecular weight excluding hydrogens is 452 g/mol. The molecule has 0 spiro atoms. The highest BCUT2D eigenvalue weighted by Gasteiger charge is 2.69. The zero-order chi connectivity index (χ0) is 25.0. The molecule has 2 aliphatic carbocycles. The number of anilines is 2. The smallest absolute Gasteiger partial charge is 0.225 e. The second-order valence-electron chi connectivity index (χ2n) is 10.4. The fraction of sp³-hybridized carbons (Fsp3) is 0.429. The number of furan rings is 1. The van der Waals surface area contributed by atoms with E-state index in [4.69, 9.17) is 14.4 Å². The van der Waals surface area contributed by atoms with Gasteiger partial charge >= 0.3 is 0 Å². The quantitative estimate of drug-likeness (QED) is 0.337. The monoisotopic (exact) mass is 484 g/mol. The summed E-state index contributed by atoms with van der Waals surface area (Å²) in [6, 6.07) is 10.2. The Hall–Kier alpha value is -3.52. The van der Waals surface area contributed by atoms with E-state index in [1.807, 2.05) is 25.1 Å². The van der Waals surface area contributed by atoms with Crippen LogP contribution < -0.4 is 10.6 Å². The van der Waals surface area contributed by atoms with Crippen molar-refractivity contribution in [3.05, 3.63) is 59.8 Å². The molecule has 8 heteroatoms. The van der Waals surface area contributed by atoms with E-state index in [1.54, 1.807) is 12.4 Å². The summed E-state index contributed by atoms with van der Waals surface area (Å²) in [4.78, 5) is 18.5. The predicted molar refractivity (Wildman–Crippen MR) is 140 cm³/mol. The number of aromatic nitrogens is 4. The molecule has 0 aromatic carbocycles. The van der Waals surface area contributed by atoms with Gasteiger partial charge in [-0.2, -0.15) is 4.98 Å². The number of nitrogens with one attached hydrogen (secondary N) is 2. The van der Waals surface area contributed by atoms with Crippen LogP contribution in [0.5, 0.6) is 0 Å². The fourth-order valence-corrected chi connectivity index (χ4v) is 5.89. The molecule has 5 atom stereocenters. The number of nitrogens with zero attached hydrogens (tertiary/aromatic N) is 4. The number of aliphatic hydroxyl groups excluding tert-OH is 1. The van der Waals surface area contributed by atoms with Gasteiger partial charge in [-0.15, -0.1) is 0 Å². The highest BCUT2D eigenvalue weighted by atomic mass is 16.3. The number of fused-ring (bicyclic) bond motifs is 2. The summed E-state index contributed by atoms with van der Waals surface area (Å²) in [6.45, 7) is 9.02. The van der Waals surface area contributed by atoms with E-state index in [0.29, 0.717) is 24.3 Å². The summed E-state index contributed by atoms with van der Waals surface area (Å²) in [6.07, 6.45) is 5.15. The lowest BCUT2D eigenvalue weighted by Gasteiger charge is -2.26. The van der Waals surface area contributed by atoms with Gasteiger partial charge in [0, 0.05) is 28.7 Å². The molecule has 3 N–H and O–H groups in total. The van der Waals surface area contributed by atoms with Crippen LogP contribution in [0, 0.1) is 24.2 Å². The maximum atomic E-state index is 10.4. The minimum absolute atomic E-state index is 0.0262. The summed E-state index contributed by atoms with van der Waals surface area (Å²) in [5.41, 5.74) is 4.34. The Morgan fingerprint density at radius 2 is 2.03 bits per heavy atom. The van der Waals surface area contributed by atoms with E-state index in [1.165, 1.54) is 0 Å². The molecule has 0 saturated heterocycles. The van der Waals surface area contributed by atoms with E-state index in [0.717, 1.165) is 58.0 Å². The van der Waals surface area contributed by atoms with Crippen molar-refractivity contribution in [2.45, 2.75) is 59.2 Å². The molecule has 4 aromatic heterocycles. The lowest BCUT2D eigenvalue weighted by molar-refractivity contribution is 0.175. The van der Waals surface area contributed by atoms with Crippen LogP contribution in [0.4, 0.5) is 11.8 Å². The Morgan fingerprint density at radius 3 is 2.75 bits per heavy atom. The van der Waals surface area contributed by atoms with Crippen molar-refractivity contribution < 1.29 is 9.52 Å². The first-order chi connectivity index (χ1) is 17.4. The van der Waals surface area contributed by atoms with Crippen LogP contribution in [-0.2, 0) is 13.0 Å². The normalized spacial score (nSPS) is 26.7. The van der Waals surface area contributed by atoms with Crippen molar-refractivity contribution in [2.24, 2.45) is 17.3 Å². The van der Waals surface area contributed by atoms with Gasteiger partial charge in [-0.1, -0.05) is 26.8 Å². The minimum atomic E-state index is -0.205. The molecule has 2 fully saturated rings. The van der Waals surface area contributed by atoms with Crippen LogP contribution in [0.25, 0.3) is 22.3 Å². The molecule has 0 radical (unpaired) electrons. The summed E-state index contributed by atoms with van der Waals surface area (Å²) >= 11 is 0. The third-order valence-corrected chi connectivity index (χ3v) is 8.44. The van der Waals surface area contributed by atoms with Crippen molar-refractivity contribution in [1.82, 2.24) is 19.9 Å². The number of aryl methyl sites for hydroxylation is 2. The van der Waals surface area contributed by atoms with E-state index < -0.39 is 0 Å². The van der Waals surface area contributed by atoms with Crippen molar-refractivity contribution in [3.8, 4) is 11.3 Å². The Bertz CT molecular complexity index is 1420. The van der Waals surface area contributed by atoms with E-state index >= 15 is 0 Å². The van der Waals surface area contributed by atoms with E-state index in [-0.39, 0.29) is 17.6 Å². The minimum Gasteiger partial charge on any atom is -0.454 e. The third kappa shape index (κ3) is 3.71.